The van der Waals surface area contributed by atoms with Crippen LogP contribution >= 0.6 is 0 Å². The first-order valence-electron chi connectivity index (χ1n) is 6.22. The number of nitrogens with zero attached hydrogens (tertiary/aromatic N) is 3. The summed E-state index contributed by atoms with van der Waals surface area (Å²) in [5.74, 6) is -1.32. The predicted octanol–water partition coefficient (Wildman–Crippen LogP) is 1.68. The molecule has 0 saturated heterocycles. The molecule has 0 aliphatic carbocycles. The molecule has 0 spiro atoms. The fourth-order valence-corrected chi connectivity index (χ4v) is 1.98. The lowest BCUT2D eigenvalue weighted by atomic mass is 10.1. The number of hydrogen-bond acceptors (Lipinski definition) is 5. The largest absolute Gasteiger partial charge is 0.477 e. The lowest BCUT2D eigenvalue weighted by molar-refractivity contribution is -0.384. The third-order valence-electron chi connectivity index (χ3n) is 2.91. The normalized spacial score (nSPS) is 10.3. The molecule has 0 amide bonds. The van der Waals surface area contributed by atoms with Gasteiger partial charge in [-0.05, 0) is 18.2 Å². The Bertz CT molecular complexity index is 681. The van der Waals surface area contributed by atoms with E-state index in [1.54, 1.807) is 11.7 Å². The van der Waals surface area contributed by atoms with Crippen LogP contribution in [0, 0.1) is 10.1 Å². The first-order chi connectivity index (χ1) is 9.99. The molecule has 0 bridgehead atoms. The summed E-state index contributed by atoms with van der Waals surface area (Å²) in [5.41, 5.74) is 0.284. The number of carboxylic acid groups (broad SMARTS) is 1. The van der Waals surface area contributed by atoms with Gasteiger partial charge in [0.15, 0.2) is 0 Å². The van der Waals surface area contributed by atoms with Crippen molar-refractivity contribution in [1.29, 1.82) is 0 Å². The maximum absolute atomic E-state index is 11.1. The summed E-state index contributed by atoms with van der Waals surface area (Å²) in [4.78, 5) is 21.4. The predicted molar refractivity (Wildman–Crippen MR) is 75.5 cm³/mol. The second-order valence-electron chi connectivity index (χ2n) is 4.42. The van der Waals surface area contributed by atoms with Crippen LogP contribution in [0.4, 0.5) is 11.4 Å². The quantitative estimate of drug-likeness (QED) is 0.618. The molecule has 1 aromatic heterocycles. The smallest absolute Gasteiger partial charge is 0.342 e. The first-order valence-corrected chi connectivity index (χ1v) is 6.22. The van der Waals surface area contributed by atoms with Crippen molar-refractivity contribution in [3.05, 3.63) is 51.8 Å². The maximum Gasteiger partial charge on any atom is 0.342 e. The molecule has 1 heterocycles. The molecule has 0 fully saturated rings. The highest BCUT2D eigenvalue weighted by molar-refractivity contribution is 5.95. The van der Waals surface area contributed by atoms with Crippen LogP contribution in [0.15, 0.2) is 30.5 Å². The number of nitro groups is 1. The Kier molecular flexibility index (Phi) is 4.17. The average molecular weight is 290 g/mol. The van der Waals surface area contributed by atoms with Gasteiger partial charge in [-0.3, -0.25) is 14.8 Å². The van der Waals surface area contributed by atoms with Crippen molar-refractivity contribution in [2.24, 2.45) is 7.05 Å². The number of carboxylic acids is 1. The number of hydrogen-bond donors (Lipinski definition) is 2. The van der Waals surface area contributed by atoms with Crippen molar-refractivity contribution >= 4 is 17.3 Å². The molecule has 8 heteroatoms. The molecular weight excluding hydrogens is 276 g/mol. The molecule has 2 N–H and O–H groups in total. The number of anilines is 1. The Morgan fingerprint density at radius 2 is 2.24 bits per heavy atom. The Labute approximate surface area is 120 Å². The van der Waals surface area contributed by atoms with E-state index in [0.717, 1.165) is 5.69 Å². The van der Waals surface area contributed by atoms with Gasteiger partial charge in [-0.2, -0.15) is 5.10 Å². The monoisotopic (exact) mass is 290 g/mol. The minimum Gasteiger partial charge on any atom is -0.477 e. The summed E-state index contributed by atoms with van der Waals surface area (Å²) < 4.78 is 1.67. The lowest BCUT2D eigenvalue weighted by Crippen LogP contribution is -2.10. The number of aryl methyl sites for hydroxylation is 1. The van der Waals surface area contributed by atoms with Gasteiger partial charge in [-0.15, -0.1) is 0 Å². The third kappa shape index (κ3) is 3.35. The Morgan fingerprint density at radius 1 is 1.48 bits per heavy atom. The third-order valence-corrected chi connectivity index (χ3v) is 2.91. The molecule has 2 aromatic rings. The van der Waals surface area contributed by atoms with Gasteiger partial charge >= 0.3 is 11.7 Å². The van der Waals surface area contributed by atoms with E-state index in [2.05, 4.69) is 10.4 Å². The summed E-state index contributed by atoms with van der Waals surface area (Å²) in [7, 11) is 1.80. The molecule has 0 saturated carbocycles. The zero-order valence-corrected chi connectivity index (χ0v) is 11.3. The van der Waals surface area contributed by atoms with E-state index in [4.69, 9.17) is 5.11 Å². The number of para-hydroxylation sites is 1. The lowest BCUT2D eigenvalue weighted by Gasteiger charge is -2.07. The first kappa shape index (κ1) is 14.5. The van der Waals surface area contributed by atoms with E-state index < -0.39 is 16.6 Å². The van der Waals surface area contributed by atoms with Crippen molar-refractivity contribution < 1.29 is 14.8 Å². The average Bonchev–Trinajstić information content (AvgIpc) is 2.83. The van der Waals surface area contributed by atoms with Crippen LogP contribution < -0.4 is 5.32 Å². The zero-order chi connectivity index (χ0) is 15.4. The molecular formula is C13H14N4O4. The Morgan fingerprint density at radius 3 is 2.81 bits per heavy atom. The van der Waals surface area contributed by atoms with Gasteiger partial charge in [0.05, 0.1) is 10.6 Å². The van der Waals surface area contributed by atoms with E-state index in [1.807, 2.05) is 12.3 Å². The molecule has 110 valence electrons. The van der Waals surface area contributed by atoms with Crippen LogP contribution in [0.5, 0.6) is 0 Å². The Hall–Kier alpha value is -2.90. The van der Waals surface area contributed by atoms with E-state index in [9.17, 15) is 14.9 Å². The SMILES string of the molecule is Cn1ccc(CCNc2cccc(C(=O)O)c2[N+](=O)[O-])n1. The van der Waals surface area contributed by atoms with Crippen LogP contribution in [0.1, 0.15) is 16.1 Å². The van der Waals surface area contributed by atoms with Gasteiger partial charge in [-0.1, -0.05) is 6.07 Å². The number of aromatic carboxylic acids is 1. The van der Waals surface area contributed by atoms with E-state index in [0.29, 0.717) is 13.0 Å². The second kappa shape index (κ2) is 6.04. The molecule has 0 atom stereocenters. The second-order valence-corrected chi connectivity index (χ2v) is 4.42. The Balaban J connectivity index is 2.14. The van der Waals surface area contributed by atoms with Gasteiger partial charge in [0.25, 0.3) is 0 Å². The maximum atomic E-state index is 11.1. The van der Waals surface area contributed by atoms with Crippen LogP contribution in [0.3, 0.4) is 0 Å². The van der Waals surface area contributed by atoms with E-state index in [1.165, 1.54) is 18.2 Å². The fraction of sp³-hybridized carbons (Fsp3) is 0.231. The number of rotatable bonds is 6. The summed E-state index contributed by atoms with van der Waals surface area (Å²) in [5, 5.41) is 27.2. The van der Waals surface area contributed by atoms with E-state index in [-0.39, 0.29) is 11.3 Å². The minimum absolute atomic E-state index is 0.191. The van der Waals surface area contributed by atoms with Gasteiger partial charge in [0, 0.05) is 26.2 Å². The van der Waals surface area contributed by atoms with Crippen LogP contribution in [0.2, 0.25) is 0 Å². The zero-order valence-electron chi connectivity index (χ0n) is 11.3. The molecule has 0 aliphatic rings. The molecule has 8 nitrogen and oxygen atoms in total. The van der Waals surface area contributed by atoms with Crippen molar-refractivity contribution in [2.75, 3.05) is 11.9 Å². The summed E-state index contributed by atoms with van der Waals surface area (Å²) in [6, 6.07) is 6.02. The minimum atomic E-state index is -1.32. The van der Waals surface area contributed by atoms with Crippen molar-refractivity contribution in [3.8, 4) is 0 Å². The van der Waals surface area contributed by atoms with Crippen molar-refractivity contribution in [1.82, 2.24) is 9.78 Å². The highest BCUT2D eigenvalue weighted by Crippen LogP contribution is 2.28. The number of aromatic nitrogens is 2. The van der Waals surface area contributed by atoms with Gasteiger partial charge < -0.3 is 10.4 Å². The number of nitro benzene ring substituents is 1. The molecule has 0 radical (unpaired) electrons. The summed E-state index contributed by atoms with van der Waals surface area (Å²) >= 11 is 0. The molecule has 21 heavy (non-hydrogen) atoms. The van der Waals surface area contributed by atoms with Gasteiger partial charge in [0.1, 0.15) is 11.3 Å². The molecule has 2 rings (SSSR count). The molecule has 1 aromatic carbocycles. The topological polar surface area (TPSA) is 110 Å². The highest BCUT2D eigenvalue weighted by Gasteiger charge is 2.23. The van der Waals surface area contributed by atoms with Gasteiger partial charge in [0.2, 0.25) is 0 Å². The van der Waals surface area contributed by atoms with Gasteiger partial charge in [-0.25, -0.2) is 4.79 Å². The highest BCUT2D eigenvalue weighted by atomic mass is 16.6. The number of benzene rings is 1. The van der Waals surface area contributed by atoms with E-state index >= 15 is 0 Å². The molecule has 0 unspecified atom stereocenters. The van der Waals surface area contributed by atoms with Crippen LogP contribution in [-0.2, 0) is 13.5 Å². The summed E-state index contributed by atoms with van der Waals surface area (Å²) in [6.07, 6.45) is 2.39. The van der Waals surface area contributed by atoms with Crippen LogP contribution in [0.25, 0.3) is 0 Å². The number of carbonyl (C=O) groups is 1. The fourth-order valence-electron chi connectivity index (χ4n) is 1.98. The molecule has 0 aliphatic heterocycles. The summed E-state index contributed by atoms with van der Waals surface area (Å²) in [6.45, 7) is 0.418. The standard InChI is InChI=1S/C13H14N4O4/c1-16-8-6-9(15-16)5-7-14-11-4-2-3-10(13(18)19)12(11)17(20)21/h2-4,6,8,14H,5,7H2,1H3,(H,18,19). The van der Waals surface area contributed by atoms with Crippen molar-refractivity contribution in [2.45, 2.75) is 6.42 Å². The van der Waals surface area contributed by atoms with Crippen LogP contribution in [-0.4, -0.2) is 32.3 Å². The number of nitrogens with one attached hydrogen (secondary N) is 1. The van der Waals surface area contributed by atoms with Crippen molar-refractivity contribution in [3.63, 3.8) is 0 Å².